The zero-order valence-electron chi connectivity index (χ0n) is 12.2. The van der Waals surface area contributed by atoms with E-state index in [0.29, 0.717) is 13.1 Å². The van der Waals surface area contributed by atoms with Crippen molar-refractivity contribution in [2.45, 2.75) is 24.3 Å². The maximum Gasteiger partial charge on any atom is 0.323 e. The predicted octanol–water partition coefficient (Wildman–Crippen LogP) is -3.82. The molecule has 4 saturated heterocycles. The highest BCUT2D eigenvalue weighted by Crippen LogP contribution is 2.23. The van der Waals surface area contributed by atoms with Gasteiger partial charge in [0.25, 0.3) is 11.8 Å². The smallest absolute Gasteiger partial charge is 0.323 e. The van der Waals surface area contributed by atoms with Gasteiger partial charge in [-0.1, -0.05) is 0 Å². The third-order valence-corrected chi connectivity index (χ3v) is 4.36. The second-order valence-electron chi connectivity index (χ2n) is 5.76. The van der Waals surface area contributed by atoms with Crippen LogP contribution >= 0.6 is 0 Å². The van der Waals surface area contributed by atoms with Crippen molar-refractivity contribution < 1.29 is 39.1 Å². The van der Waals surface area contributed by atoms with E-state index >= 15 is 0 Å². The molecule has 0 saturated carbocycles. The zero-order chi connectivity index (χ0) is 17.4. The highest BCUT2D eigenvalue weighted by molar-refractivity contribution is 5.85. The maximum absolute atomic E-state index is 11.0. The van der Waals surface area contributed by atoms with Crippen LogP contribution < -0.4 is 21.6 Å². The third-order valence-electron chi connectivity index (χ3n) is 4.36. The number of carbonyl (C=O) groups excluding carboxylic acids is 2. The summed E-state index contributed by atoms with van der Waals surface area (Å²) in [5, 5.41) is 22.7. The van der Waals surface area contributed by atoms with E-state index in [4.69, 9.17) is 19.9 Å². The molecule has 0 aliphatic carbocycles. The van der Waals surface area contributed by atoms with Crippen LogP contribution in [0.4, 0.5) is 0 Å². The van der Waals surface area contributed by atoms with Gasteiger partial charge in [0.15, 0.2) is 0 Å². The van der Waals surface area contributed by atoms with Crippen LogP contribution in [-0.4, -0.2) is 71.3 Å². The second kappa shape index (κ2) is 6.32. The van der Waals surface area contributed by atoms with Crippen molar-refractivity contribution in [2.24, 2.45) is 11.8 Å². The van der Waals surface area contributed by atoms with Crippen molar-refractivity contribution >= 4 is 23.8 Å². The molecule has 12 nitrogen and oxygen atoms in total. The molecule has 0 radical (unpaired) electrons. The number of hydroxylamine groups is 2. The number of carbonyl (C=O) groups is 4. The van der Waals surface area contributed by atoms with E-state index in [1.807, 2.05) is 0 Å². The van der Waals surface area contributed by atoms with Gasteiger partial charge in [-0.3, -0.25) is 28.9 Å². The fourth-order valence-corrected chi connectivity index (χ4v) is 3.08. The fraction of sp³-hybridized carbons (Fsp3) is 0.667. The Morgan fingerprint density at radius 1 is 0.833 bits per heavy atom. The van der Waals surface area contributed by atoms with Crippen LogP contribution in [0.2, 0.25) is 0 Å². The minimum atomic E-state index is -0.987. The molecular formula is C12H16N4O8. The summed E-state index contributed by atoms with van der Waals surface area (Å²) in [6.45, 7) is 0.737. The molecule has 4 heterocycles. The first kappa shape index (κ1) is 16.6. The molecule has 4 fully saturated rings. The van der Waals surface area contributed by atoms with Gasteiger partial charge >= 0.3 is 11.9 Å². The monoisotopic (exact) mass is 344 g/mol. The van der Waals surface area contributed by atoms with Gasteiger partial charge in [0, 0.05) is 13.1 Å². The van der Waals surface area contributed by atoms with Crippen LogP contribution in [-0.2, 0) is 28.9 Å². The lowest BCUT2D eigenvalue weighted by Crippen LogP contribution is -2.40. The average Bonchev–Trinajstić information content (AvgIpc) is 3.24. The molecule has 4 rings (SSSR count). The first-order valence-electron chi connectivity index (χ1n) is 7.23. The number of fused-ring (bicyclic) bond motifs is 2. The summed E-state index contributed by atoms with van der Waals surface area (Å²) in [6.07, 6.45) is -1.12. The van der Waals surface area contributed by atoms with Crippen LogP contribution in [0.3, 0.4) is 0 Å². The Hall–Kier alpha value is -2.28. The molecule has 12 heteroatoms. The Morgan fingerprint density at radius 3 is 1.54 bits per heavy atom. The van der Waals surface area contributed by atoms with Gasteiger partial charge in [0.2, 0.25) is 0 Å². The number of aliphatic carboxylic acids is 2. The van der Waals surface area contributed by atoms with Gasteiger partial charge in [-0.05, 0) is 0 Å². The lowest BCUT2D eigenvalue weighted by atomic mass is 10.0. The predicted molar refractivity (Wildman–Crippen MR) is 71.9 cm³/mol. The van der Waals surface area contributed by atoms with Crippen LogP contribution in [0.1, 0.15) is 0 Å². The Bertz CT molecular complexity index is 533. The van der Waals surface area contributed by atoms with Crippen molar-refractivity contribution in [1.82, 2.24) is 21.6 Å². The molecule has 4 aliphatic rings. The lowest BCUT2D eigenvalue weighted by molar-refractivity contribution is -0.144. The minimum absolute atomic E-state index is 0.240. The van der Waals surface area contributed by atoms with Gasteiger partial charge in [-0.2, -0.15) is 0 Å². The molecule has 0 aromatic rings. The Balaban J connectivity index is 0.000000141. The summed E-state index contributed by atoms with van der Waals surface area (Å²) in [5.41, 5.74) is 4.33. The van der Waals surface area contributed by atoms with E-state index in [-0.39, 0.29) is 23.7 Å². The number of amides is 2. The molecule has 0 unspecified atom stereocenters. The highest BCUT2D eigenvalue weighted by Gasteiger charge is 2.50. The fourth-order valence-electron chi connectivity index (χ4n) is 3.08. The Kier molecular flexibility index (Phi) is 4.36. The van der Waals surface area contributed by atoms with Gasteiger partial charge in [-0.25, -0.2) is 11.0 Å². The molecule has 132 valence electrons. The SMILES string of the molecule is O=C1NO[C@@H]2[C@H]1CN[C@H]2C(=O)O.O=C1NO[C@H]2[C@@H]1CN[C@@H]2C(=O)O. The number of carboxylic acid groups (broad SMARTS) is 2. The van der Waals surface area contributed by atoms with Crippen molar-refractivity contribution in [3.05, 3.63) is 0 Å². The van der Waals surface area contributed by atoms with Crippen molar-refractivity contribution in [2.75, 3.05) is 13.1 Å². The second-order valence-corrected chi connectivity index (χ2v) is 5.76. The quantitative estimate of drug-likeness (QED) is 0.291. The molecule has 24 heavy (non-hydrogen) atoms. The summed E-state index contributed by atoms with van der Waals surface area (Å²) < 4.78 is 0. The van der Waals surface area contributed by atoms with E-state index in [1.54, 1.807) is 0 Å². The summed E-state index contributed by atoms with van der Waals surface area (Å²) >= 11 is 0. The number of carboxylic acids is 2. The zero-order valence-corrected chi connectivity index (χ0v) is 12.2. The lowest BCUT2D eigenvalue weighted by Gasteiger charge is -2.10. The highest BCUT2D eigenvalue weighted by atomic mass is 16.7. The topological polar surface area (TPSA) is 175 Å². The van der Waals surface area contributed by atoms with E-state index in [1.165, 1.54) is 0 Å². The van der Waals surface area contributed by atoms with Gasteiger partial charge in [-0.15, -0.1) is 0 Å². The molecule has 0 bridgehead atoms. The van der Waals surface area contributed by atoms with Crippen LogP contribution in [0, 0.1) is 11.8 Å². The molecule has 4 aliphatic heterocycles. The number of nitrogens with one attached hydrogen (secondary N) is 4. The van der Waals surface area contributed by atoms with Crippen molar-refractivity contribution in [3.63, 3.8) is 0 Å². The molecular weight excluding hydrogens is 328 g/mol. The summed E-state index contributed by atoms with van der Waals surface area (Å²) in [5.74, 6) is -3.16. The summed E-state index contributed by atoms with van der Waals surface area (Å²) in [6, 6.07) is -1.54. The normalized spacial score (nSPS) is 39.3. The molecule has 2 amide bonds. The molecule has 0 spiro atoms. The molecule has 0 aromatic carbocycles. The molecule has 6 N–H and O–H groups in total. The van der Waals surface area contributed by atoms with E-state index in [9.17, 15) is 19.2 Å². The first-order chi connectivity index (χ1) is 11.4. The summed E-state index contributed by atoms with van der Waals surface area (Å²) in [7, 11) is 0. The number of hydrogen-bond donors (Lipinski definition) is 6. The van der Waals surface area contributed by atoms with Crippen LogP contribution in [0.5, 0.6) is 0 Å². The molecule has 6 atom stereocenters. The maximum atomic E-state index is 11.0. The van der Waals surface area contributed by atoms with E-state index < -0.39 is 36.2 Å². The third kappa shape index (κ3) is 2.80. The van der Waals surface area contributed by atoms with E-state index in [2.05, 4.69) is 21.6 Å². The number of rotatable bonds is 2. The van der Waals surface area contributed by atoms with Crippen molar-refractivity contribution in [1.29, 1.82) is 0 Å². The van der Waals surface area contributed by atoms with E-state index in [0.717, 1.165) is 0 Å². The van der Waals surface area contributed by atoms with Gasteiger partial charge in [0.05, 0.1) is 11.8 Å². The first-order valence-corrected chi connectivity index (χ1v) is 7.23. The van der Waals surface area contributed by atoms with Gasteiger partial charge in [0.1, 0.15) is 24.3 Å². The standard InChI is InChI=1S/2C6H8N2O4/c2*9-5-2-1-7-3(6(10)11)4(2)12-8-5/h2*2-4,7H,1H2,(H,8,9)(H,10,11)/t2*2-,3-,4-/m10/s1. The largest absolute Gasteiger partial charge is 0.480 e. The van der Waals surface area contributed by atoms with Gasteiger partial charge < -0.3 is 20.8 Å². The van der Waals surface area contributed by atoms with Crippen LogP contribution in [0.15, 0.2) is 0 Å². The Morgan fingerprint density at radius 2 is 1.21 bits per heavy atom. The van der Waals surface area contributed by atoms with Crippen LogP contribution in [0.25, 0.3) is 0 Å². The minimum Gasteiger partial charge on any atom is -0.480 e. The van der Waals surface area contributed by atoms with Crippen molar-refractivity contribution in [3.8, 4) is 0 Å². The number of hydrogen-bond acceptors (Lipinski definition) is 8. The molecule has 0 aromatic heterocycles. The summed E-state index contributed by atoms with van der Waals surface area (Å²) in [4.78, 5) is 52.7. The average molecular weight is 344 g/mol. The Labute approximate surface area is 134 Å².